The third-order valence-corrected chi connectivity index (χ3v) is 5.31. The van der Waals surface area contributed by atoms with Gasteiger partial charge in [0.15, 0.2) is 0 Å². The molecule has 1 aliphatic carbocycles. The summed E-state index contributed by atoms with van der Waals surface area (Å²) in [5.41, 5.74) is 5.63. The van der Waals surface area contributed by atoms with Gasteiger partial charge in [-0.3, -0.25) is 0 Å². The van der Waals surface area contributed by atoms with E-state index in [1.165, 1.54) is 6.26 Å². The highest BCUT2D eigenvalue weighted by atomic mass is 32.2. The molecule has 0 spiro atoms. The van der Waals surface area contributed by atoms with Gasteiger partial charge in [0, 0.05) is 25.3 Å². The quantitative estimate of drug-likeness (QED) is 0.767. The normalized spacial score (nSPS) is 37.1. The van der Waals surface area contributed by atoms with E-state index in [0.717, 1.165) is 0 Å². The van der Waals surface area contributed by atoms with Crippen LogP contribution in [-0.2, 0) is 14.6 Å². The van der Waals surface area contributed by atoms with Gasteiger partial charge in [0.2, 0.25) is 0 Å². The molecule has 15 heavy (non-hydrogen) atoms. The fourth-order valence-corrected chi connectivity index (χ4v) is 3.81. The van der Waals surface area contributed by atoms with Crippen LogP contribution >= 0.6 is 0 Å². The van der Waals surface area contributed by atoms with Crippen molar-refractivity contribution in [2.75, 3.05) is 26.5 Å². The van der Waals surface area contributed by atoms with Gasteiger partial charge in [-0.2, -0.15) is 0 Å². The molecule has 3 atom stereocenters. The molecule has 0 amide bonds. The molecule has 1 aliphatic rings. The molecule has 0 aromatic carbocycles. The average Bonchev–Trinajstić information content (AvgIpc) is 2.45. The molecule has 0 heterocycles. The molecular formula is C10H21NO3S. The van der Waals surface area contributed by atoms with Crippen molar-refractivity contribution in [2.24, 2.45) is 17.1 Å². The first-order chi connectivity index (χ1) is 6.85. The molecule has 90 valence electrons. The highest BCUT2D eigenvalue weighted by Crippen LogP contribution is 2.45. The maximum atomic E-state index is 11.5. The van der Waals surface area contributed by atoms with Crippen LogP contribution in [0.5, 0.6) is 0 Å². The predicted molar refractivity (Wildman–Crippen MR) is 60.4 cm³/mol. The second-order valence-corrected chi connectivity index (χ2v) is 7.12. The van der Waals surface area contributed by atoms with Crippen molar-refractivity contribution in [3.63, 3.8) is 0 Å². The molecule has 0 aliphatic heterocycles. The van der Waals surface area contributed by atoms with Crippen LogP contribution in [0, 0.1) is 11.3 Å². The summed E-state index contributed by atoms with van der Waals surface area (Å²) in [7, 11) is -1.31. The Kier molecular flexibility index (Phi) is 3.79. The van der Waals surface area contributed by atoms with Crippen molar-refractivity contribution in [1.82, 2.24) is 0 Å². The lowest BCUT2D eigenvalue weighted by atomic mass is 9.80. The van der Waals surface area contributed by atoms with Crippen LogP contribution in [0.25, 0.3) is 0 Å². The zero-order valence-corrected chi connectivity index (χ0v) is 10.5. The number of rotatable bonds is 4. The highest BCUT2D eigenvalue weighted by Gasteiger charge is 2.47. The number of methoxy groups -OCH3 is 1. The van der Waals surface area contributed by atoms with Crippen molar-refractivity contribution in [3.8, 4) is 0 Å². The Morgan fingerprint density at radius 2 is 2.13 bits per heavy atom. The number of hydrogen-bond acceptors (Lipinski definition) is 4. The predicted octanol–water partition coefficient (Wildman–Crippen LogP) is 0.421. The fraction of sp³-hybridized carbons (Fsp3) is 1.00. The summed E-state index contributed by atoms with van der Waals surface area (Å²) in [5, 5.41) is -0.244. The molecule has 1 fully saturated rings. The minimum absolute atomic E-state index is 0.150. The van der Waals surface area contributed by atoms with Crippen LogP contribution < -0.4 is 5.73 Å². The summed E-state index contributed by atoms with van der Waals surface area (Å²) in [6.45, 7) is 3.11. The van der Waals surface area contributed by atoms with E-state index >= 15 is 0 Å². The smallest absolute Gasteiger partial charge is 0.150 e. The van der Waals surface area contributed by atoms with Gasteiger partial charge in [0.1, 0.15) is 9.84 Å². The van der Waals surface area contributed by atoms with Gasteiger partial charge in [-0.25, -0.2) is 8.42 Å². The lowest BCUT2D eigenvalue weighted by molar-refractivity contribution is 0.0610. The maximum Gasteiger partial charge on any atom is 0.150 e. The minimum Gasteiger partial charge on any atom is -0.384 e. The molecule has 0 radical (unpaired) electrons. The summed E-state index contributed by atoms with van der Waals surface area (Å²) in [4.78, 5) is 0. The fourth-order valence-electron chi connectivity index (χ4n) is 2.54. The van der Waals surface area contributed by atoms with E-state index < -0.39 is 9.84 Å². The van der Waals surface area contributed by atoms with E-state index in [0.29, 0.717) is 31.9 Å². The van der Waals surface area contributed by atoms with Gasteiger partial charge in [-0.1, -0.05) is 6.92 Å². The Hall–Kier alpha value is -0.130. The minimum atomic E-state index is -2.95. The van der Waals surface area contributed by atoms with Crippen molar-refractivity contribution in [2.45, 2.75) is 25.0 Å². The molecular weight excluding hydrogens is 214 g/mol. The van der Waals surface area contributed by atoms with E-state index in [9.17, 15) is 8.42 Å². The first-order valence-electron chi connectivity index (χ1n) is 5.23. The van der Waals surface area contributed by atoms with E-state index in [1.54, 1.807) is 7.11 Å². The van der Waals surface area contributed by atoms with Gasteiger partial charge in [0.25, 0.3) is 0 Å². The number of hydrogen-bond donors (Lipinski definition) is 1. The third-order valence-electron chi connectivity index (χ3n) is 3.74. The van der Waals surface area contributed by atoms with Crippen LogP contribution in [0.15, 0.2) is 0 Å². The van der Waals surface area contributed by atoms with Gasteiger partial charge in [-0.15, -0.1) is 0 Å². The molecule has 0 aromatic heterocycles. The Balaban J connectivity index is 2.86. The van der Waals surface area contributed by atoms with Gasteiger partial charge < -0.3 is 10.5 Å². The second-order valence-electron chi connectivity index (χ2n) is 4.79. The maximum absolute atomic E-state index is 11.5. The van der Waals surface area contributed by atoms with E-state index in [1.807, 2.05) is 0 Å². The summed E-state index contributed by atoms with van der Waals surface area (Å²) < 4.78 is 28.2. The summed E-state index contributed by atoms with van der Waals surface area (Å²) in [6, 6.07) is 0. The Morgan fingerprint density at radius 1 is 1.53 bits per heavy atom. The average molecular weight is 235 g/mol. The van der Waals surface area contributed by atoms with Gasteiger partial charge in [-0.05, 0) is 18.8 Å². The van der Waals surface area contributed by atoms with Crippen molar-refractivity contribution in [1.29, 1.82) is 0 Å². The lowest BCUT2D eigenvalue weighted by Crippen LogP contribution is -2.37. The van der Waals surface area contributed by atoms with Crippen LogP contribution in [0.1, 0.15) is 19.8 Å². The number of sulfone groups is 1. The molecule has 0 unspecified atom stereocenters. The third kappa shape index (κ3) is 2.52. The van der Waals surface area contributed by atoms with Crippen LogP contribution in [0.4, 0.5) is 0 Å². The van der Waals surface area contributed by atoms with Crippen molar-refractivity contribution in [3.05, 3.63) is 0 Å². The molecule has 2 N–H and O–H groups in total. The first-order valence-corrected chi connectivity index (χ1v) is 7.19. The molecule has 5 heteroatoms. The topological polar surface area (TPSA) is 69.4 Å². The Labute approximate surface area is 92.1 Å². The van der Waals surface area contributed by atoms with E-state index in [-0.39, 0.29) is 10.7 Å². The Morgan fingerprint density at radius 3 is 2.47 bits per heavy atom. The zero-order chi connectivity index (χ0) is 11.7. The van der Waals surface area contributed by atoms with E-state index in [4.69, 9.17) is 10.5 Å². The number of ether oxygens (including phenoxy) is 1. The lowest BCUT2D eigenvalue weighted by Gasteiger charge is -2.31. The van der Waals surface area contributed by atoms with Gasteiger partial charge in [0.05, 0.1) is 11.9 Å². The van der Waals surface area contributed by atoms with Crippen LogP contribution in [0.2, 0.25) is 0 Å². The molecule has 0 bridgehead atoms. The molecule has 1 rings (SSSR count). The standard InChI is InChI=1S/C10H21NO3S/c1-8-4-9(15(3,12)13)5-10(8,6-11)7-14-2/h8-9H,4-7,11H2,1-3H3/t8-,9+,10+/m0/s1. The van der Waals surface area contributed by atoms with Gasteiger partial charge >= 0.3 is 0 Å². The largest absolute Gasteiger partial charge is 0.384 e. The summed E-state index contributed by atoms with van der Waals surface area (Å²) in [6.07, 6.45) is 2.65. The second kappa shape index (κ2) is 4.39. The first kappa shape index (κ1) is 12.9. The van der Waals surface area contributed by atoms with Crippen molar-refractivity contribution >= 4 is 9.84 Å². The summed E-state index contributed by atoms with van der Waals surface area (Å²) in [5.74, 6) is 0.308. The van der Waals surface area contributed by atoms with Crippen LogP contribution in [-0.4, -0.2) is 40.2 Å². The van der Waals surface area contributed by atoms with E-state index in [2.05, 4.69) is 6.92 Å². The summed E-state index contributed by atoms with van der Waals surface area (Å²) >= 11 is 0. The molecule has 0 saturated heterocycles. The zero-order valence-electron chi connectivity index (χ0n) is 9.69. The highest BCUT2D eigenvalue weighted by molar-refractivity contribution is 7.91. The Bertz CT molecular complexity index is 315. The van der Waals surface area contributed by atoms with Crippen molar-refractivity contribution < 1.29 is 13.2 Å². The number of nitrogens with two attached hydrogens (primary N) is 1. The molecule has 0 aromatic rings. The van der Waals surface area contributed by atoms with Crippen LogP contribution in [0.3, 0.4) is 0 Å². The molecule has 4 nitrogen and oxygen atoms in total. The monoisotopic (exact) mass is 235 g/mol. The SMILES string of the molecule is COC[C@]1(CN)C[C@H](S(C)(=O)=O)C[C@@H]1C. The molecule has 1 saturated carbocycles.